The van der Waals surface area contributed by atoms with E-state index < -0.39 is 12.1 Å². The molecule has 1 rings (SSSR count). The monoisotopic (exact) mass is 376 g/mol. The van der Waals surface area contributed by atoms with Gasteiger partial charge in [0.25, 0.3) is 0 Å². The number of rotatable bonds is 1. The Labute approximate surface area is 119 Å². The van der Waals surface area contributed by atoms with Crippen molar-refractivity contribution in [2.45, 2.75) is 48.8 Å². The predicted molar refractivity (Wildman–Crippen MR) is 62.6 cm³/mol. The van der Waals surface area contributed by atoms with E-state index in [-0.39, 0.29) is 0 Å². The summed E-state index contributed by atoms with van der Waals surface area (Å²) in [6, 6.07) is 0. The maximum atomic E-state index is 10.5. The second-order valence-corrected chi connectivity index (χ2v) is 5.18. The largest absolute Gasteiger partial charge is 0.542 e. The molecule has 1 atom stereocenters. The van der Waals surface area contributed by atoms with Crippen LogP contribution < -0.4 is 5.11 Å². The zero-order valence-electron chi connectivity index (χ0n) is 9.95. The van der Waals surface area contributed by atoms with Crippen molar-refractivity contribution >= 4 is 15.2 Å². The molecule has 0 heterocycles. The number of carboxylic acid groups (broad SMARTS) is 1. The minimum Gasteiger partial charge on any atom is -0.542 e. The Hall–Kier alpha value is 0.0923. The molecule has 18 heavy (non-hydrogen) atoms. The average molecular weight is 377 g/mol. The van der Waals surface area contributed by atoms with Crippen molar-refractivity contribution in [1.82, 2.24) is 0 Å². The molecule has 1 fully saturated rings. The van der Waals surface area contributed by atoms with Gasteiger partial charge in [0, 0.05) is 0 Å². The summed E-state index contributed by atoms with van der Waals surface area (Å²) in [4.78, 5) is 9.72. The minimum atomic E-state index is -5.19. The van der Waals surface area contributed by atoms with E-state index in [0.717, 1.165) is 10.6 Å². The number of carbonyl (C=O) groups excluding carboxylic acids is 1. The van der Waals surface area contributed by atoms with Crippen LogP contribution in [0.5, 0.6) is 0 Å². The Morgan fingerprint density at radius 1 is 1.39 bits per heavy atom. The van der Waals surface area contributed by atoms with Crippen molar-refractivity contribution in [1.29, 1.82) is 0 Å². The summed E-state index contributed by atoms with van der Waals surface area (Å²) >= 11 is 2.92. The maximum absolute atomic E-state index is 10.5. The molecule has 1 aliphatic carbocycles. The average Bonchev–Trinajstić information content (AvgIpc) is 2.30. The Bertz CT molecular complexity index is 229. The summed E-state index contributed by atoms with van der Waals surface area (Å²) in [6.07, 6.45) is 3.92. The number of halogens is 3. The smallest absolute Gasteiger partial charge is 0.430 e. The second kappa shape index (κ2) is 12.1. The summed E-state index contributed by atoms with van der Waals surface area (Å²) in [5, 5.41) is 8.78. The molecule has 0 spiro atoms. The molecule has 1 aliphatic rings. The van der Waals surface area contributed by atoms with Crippen LogP contribution in [0.15, 0.2) is 12.7 Å². The molecular formula is C11H18F3O2PPd. The summed E-state index contributed by atoms with van der Waals surface area (Å²) < 4.78 is 31.5. The van der Waals surface area contributed by atoms with Crippen molar-refractivity contribution in [3.8, 4) is 0 Å². The fourth-order valence-electron chi connectivity index (χ4n) is 1.13. The van der Waals surface area contributed by atoms with Crippen LogP contribution in [0.1, 0.15) is 32.1 Å². The van der Waals surface area contributed by atoms with Crippen LogP contribution >= 0.6 is 9.24 Å². The van der Waals surface area contributed by atoms with Gasteiger partial charge in [-0.1, -0.05) is 19.3 Å². The standard InChI is InChI=1S/C6H13P.C3H5.C2HF3O2.Pd/c7-6-4-2-1-3-5-6;1-3-2;3-2(4,5)1(6)7;/h6H,1-5,7H2;3H,1-2H2;(H,6,7);/q;;;+1/p-1. The molecule has 0 aromatic carbocycles. The third-order valence-corrected chi connectivity index (χ3v) is 3.09. The number of carbonyl (C=O) groups is 1. The van der Waals surface area contributed by atoms with Crippen LogP contribution in [-0.2, 0) is 24.0 Å². The molecule has 1 saturated carbocycles. The van der Waals surface area contributed by atoms with Crippen LogP contribution in [0.4, 0.5) is 13.2 Å². The number of alkyl halides is 3. The fourth-order valence-corrected chi connectivity index (χ4v) is 1.61. The molecule has 7 heteroatoms. The maximum Gasteiger partial charge on any atom is 0.430 e. The van der Waals surface area contributed by atoms with Gasteiger partial charge in [0.15, 0.2) is 0 Å². The summed E-state index contributed by atoms with van der Waals surface area (Å²) in [5.41, 5.74) is 0.953. The first-order chi connectivity index (χ1) is 8.25. The van der Waals surface area contributed by atoms with E-state index in [4.69, 9.17) is 9.90 Å². The van der Waals surface area contributed by atoms with Gasteiger partial charge in [-0.25, -0.2) is 0 Å². The molecule has 0 aliphatic heterocycles. The first-order valence-corrected chi connectivity index (χ1v) is 7.18. The molecule has 0 amide bonds. The van der Waals surface area contributed by atoms with Gasteiger partial charge in [-0.05, 0) is 18.5 Å². The van der Waals surface area contributed by atoms with Gasteiger partial charge in [-0.3, -0.25) is 0 Å². The topological polar surface area (TPSA) is 40.1 Å². The second-order valence-electron chi connectivity index (χ2n) is 3.60. The minimum absolute atomic E-state index is 0.933. The zero-order chi connectivity index (χ0) is 14.6. The third kappa shape index (κ3) is 16.1. The predicted octanol–water partition coefficient (Wildman–Crippen LogP) is 2.63. The Kier molecular flexibility index (Phi) is 13.8. The van der Waals surface area contributed by atoms with Crippen LogP contribution in [0.3, 0.4) is 0 Å². The van der Waals surface area contributed by atoms with Gasteiger partial charge in [0.2, 0.25) is 0 Å². The quantitative estimate of drug-likeness (QED) is 0.401. The van der Waals surface area contributed by atoms with Gasteiger partial charge in [0.1, 0.15) is 5.97 Å². The van der Waals surface area contributed by atoms with Gasteiger partial charge < -0.3 is 9.90 Å². The molecule has 0 radical (unpaired) electrons. The van der Waals surface area contributed by atoms with Crippen LogP contribution in [0.25, 0.3) is 0 Å². The molecule has 110 valence electrons. The number of hydrogen-bond acceptors (Lipinski definition) is 2. The SMILES string of the molecule is C=C[CH2][Pd+].O=C([O-])C(F)(F)F.PC1CCCCC1. The molecule has 0 bridgehead atoms. The molecule has 0 N–H and O–H groups in total. The van der Waals surface area contributed by atoms with Crippen molar-refractivity contribution < 1.29 is 42.3 Å². The fraction of sp³-hybridized carbons (Fsp3) is 0.727. The van der Waals surface area contributed by atoms with Gasteiger partial charge in [0.05, 0.1) is 0 Å². The van der Waals surface area contributed by atoms with E-state index in [9.17, 15) is 13.2 Å². The van der Waals surface area contributed by atoms with Crippen LogP contribution in [-0.4, -0.2) is 17.8 Å². The van der Waals surface area contributed by atoms with Crippen LogP contribution in [0, 0.1) is 0 Å². The Morgan fingerprint density at radius 3 is 1.83 bits per heavy atom. The number of aliphatic carboxylic acids is 1. The number of carboxylic acids is 1. The Morgan fingerprint density at radius 2 is 1.72 bits per heavy atom. The van der Waals surface area contributed by atoms with E-state index in [1.807, 2.05) is 6.08 Å². The molecule has 2 nitrogen and oxygen atoms in total. The number of allylic oxidation sites excluding steroid dienone is 1. The van der Waals surface area contributed by atoms with Crippen molar-refractivity contribution in [3.05, 3.63) is 12.7 Å². The van der Waals surface area contributed by atoms with E-state index in [0.29, 0.717) is 0 Å². The van der Waals surface area contributed by atoms with E-state index in [1.165, 1.54) is 32.1 Å². The van der Waals surface area contributed by atoms with Crippen molar-refractivity contribution in [2.24, 2.45) is 0 Å². The molecular weight excluding hydrogens is 359 g/mol. The van der Waals surface area contributed by atoms with E-state index in [1.54, 1.807) is 0 Å². The first kappa shape index (κ1) is 20.4. The van der Waals surface area contributed by atoms with Crippen molar-refractivity contribution in [3.63, 3.8) is 0 Å². The molecule has 1 unspecified atom stereocenters. The summed E-state index contributed by atoms with van der Waals surface area (Å²) in [5.74, 6) is -3.01. The molecule has 0 aromatic heterocycles. The Balaban J connectivity index is 0. The first-order valence-electron chi connectivity index (χ1n) is 5.42. The van der Waals surface area contributed by atoms with Gasteiger partial charge in [-0.2, -0.15) is 13.2 Å². The third-order valence-electron chi connectivity index (χ3n) is 1.97. The molecule has 0 aromatic rings. The van der Waals surface area contributed by atoms with E-state index >= 15 is 0 Å². The zero-order valence-corrected chi connectivity index (χ0v) is 12.7. The van der Waals surface area contributed by atoms with Crippen LogP contribution in [0.2, 0.25) is 4.89 Å². The summed E-state index contributed by atoms with van der Waals surface area (Å²) in [6.45, 7) is 3.44. The normalized spacial score (nSPS) is 15.7. The van der Waals surface area contributed by atoms with Gasteiger partial charge >= 0.3 is 42.9 Å². The van der Waals surface area contributed by atoms with Crippen molar-refractivity contribution in [2.75, 3.05) is 0 Å². The van der Waals surface area contributed by atoms with Gasteiger partial charge in [-0.15, -0.1) is 9.24 Å². The summed E-state index contributed by atoms with van der Waals surface area (Å²) in [7, 11) is 2.91. The molecule has 0 saturated heterocycles. The van der Waals surface area contributed by atoms with E-state index in [2.05, 4.69) is 35.0 Å². The number of hydrogen-bond donors (Lipinski definition) is 0.